The number of likely N-dealkylation sites (N-methyl/N-ethyl adjacent to an activating group) is 1. The fourth-order valence-electron chi connectivity index (χ4n) is 1.30. The third kappa shape index (κ3) is 3.67. The predicted molar refractivity (Wildman–Crippen MR) is 60.5 cm³/mol. The average Bonchev–Trinajstić information content (AvgIpc) is 2.72. The second-order valence-corrected chi connectivity index (χ2v) is 3.64. The van der Waals surface area contributed by atoms with Gasteiger partial charge in [0.1, 0.15) is 11.3 Å². The van der Waals surface area contributed by atoms with Gasteiger partial charge < -0.3 is 19.7 Å². The van der Waals surface area contributed by atoms with E-state index in [1.807, 2.05) is 7.05 Å². The van der Waals surface area contributed by atoms with E-state index in [2.05, 4.69) is 17.1 Å². The van der Waals surface area contributed by atoms with Crippen molar-refractivity contribution in [1.82, 2.24) is 10.2 Å². The molecule has 1 rings (SSSR count). The zero-order chi connectivity index (χ0) is 12.0. The van der Waals surface area contributed by atoms with E-state index < -0.39 is 5.97 Å². The van der Waals surface area contributed by atoms with Crippen LogP contribution in [0.25, 0.3) is 0 Å². The van der Waals surface area contributed by atoms with Gasteiger partial charge in [0.25, 0.3) is 0 Å². The highest BCUT2D eigenvalue weighted by Gasteiger charge is 2.12. The van der Waals surface area contributed by atoms with Crippen molar-refractivity contribution in [3.8, 4) is 0 Å². The molecule has 0 saturated heterocycles. The Hall–Kier alpha value is -1.33. The maximum absolute atomic E-state index is 10.8. The molecule has 2 N–H and O–H groups in total. The van der Waals surface area contributed by atoms with Gasteiger partial charge in [-0.05, 0) is 19.7 Å². The lowest BCUT2D eigenvalue weighted by Gasteiger charge is -2.13. The number of rotatable bonds is 7. The average molecular weight is 226 g/mol. The molecule has 0 spiro atoms. The van der Waals surface area contributed by atoms with Gasteiger partial charge in [0.05, 0.1) is 12.8 Å². The molecule has 0 aliphatic heterocycles. The number of nitrogens with one attached hydrogen (secondary N) is 1. The lowest BCUT2D eigenvalue weighted by atomic mass is 10.2. The highest BCUT2D eigenvalue weighted by molar-refractivity contribution is 5.88. The quantitative estimate of drug-likeness (QED) is 0.679. The van der Waals surface area contributed by atoms with Crippen LogP contribution in [-0.2, 0) is 6.54 Å². The maximum Gasteiger partial charge on any atom is 0.339 e. The first-order chi connectivity index (χ1) is 7.65. The van der Waals surface area contributed by atoms with Crippen molar-refractivity contribution in [2.75, 3.05) is 26.7 Å². The first-order valence-corrected chi connectivity index (χ1v) is 5.34. The number of hydrogen-bond acceptors (Lipinski definition) is 4. The zero-order valence-corrected chi connectivity index (χ0v) is 9.69. The Morgan fingerprint density at radius 3 is 3.00 bits per heavy atom. The van der Waals surface area contributed by atoms with Crippen molar-refractivity contribution < 1.29 is 14.3 Å². The molecule has 1 heterocycles. The Morgan fingerprint density at radius 2 is 2.38 bits per heavy atom. The lowest BCUT2D eigenvalue weighted by molar-refractivity contribution is 0.0694. The van der Waals surface area contributed by atoms with E-state index >= 15 is 0 Å². The molecular formula is C11H18N2O3. The van der Waals surface area contributed by atoms with E-state index in [0.29, 0.717) is 12.3 Å². The Labute approximate surface area is 95.0 Å². The summed E-state index contributed by atoms with van der Waals surface area (Å²) in [7, 11) is 2.04. The molecule has 0 amide bonds. The second kappa shape index (κ2) is 6.30. The molecule has 5 heteroatoms. The van der Waals surface area contributed by atoms with Gasteiger partial charge in [0.15, 0.2) is 0 Å². The van der Waals surface area contributed by atoms with Gasteiger partial charge in [-0.2, -0.15) is 0 Å². The van der Waals surface area contributed by atoms with E-state index in [0.717, 1.165) is 19.6 Å². The minimum absolute atomic E-state index is 0.233. The van der Waals surface area contributed by atoms with Crippen molar-refractivity contribution in [1.29, 1.82) is 0 Å². The summed E-state index contributed by atoms with van der Waals surface area (Å²) in [6, 6.07) is 1.47. The van der Waals surface area contributed by atoms with Crippen molar-refractivity contribution >= 4 is 5.97 Å². The molecule has 90 valence electrons. The normalized spacial score (nSPS) is 10.9. The van der Waals surface area contributed by atoms with E-state index in [-0.39, 0.29) is 5.56 Å². The summed E-state index contributed by atoms with van der Waals surface area (Å²) in [6.07, 6.45) is 1.40. The zero-order valence-electron chi connectivity index (χ0n) is 9.69. The first-order valence-electron chi connectivity index (χ1n) is 5.34. The molecule has 0 aliphatic carbocycles. The Balaban J connectivity index is 2.32. The van der Waals surface area contributed by atoms with Gasteiger partial charge in [-0.1, -0.05) is 6.92 Å². The molecule has 0 saturated carbocycles. The Bertz CT molecular complexity index is 336. The number of hydrogen-bond donors (Lipinski definition) is 2. The van der Waals surface area contributed by atoms with Crippen molar-refractivity contribution in [2.24, 2.45) is 0 Å². The van der Waals surface area contributed by atoms with Crippen LogP contribution in [-0.4, -0.2) is 42.7 Å². The molecular weight excluding hydrogens is 208 g/mol. The molecule has 0 atom stereocenters. The third-order valence-corrected chi connectivity index (χ3v) is 2.47. The number of carboxylic acids is 1. The number of carboxylic acid groups (broad SMARTS) is 1. The molecule has 0 fully saturated rings. The number of aromatic carboxylic acids is 1. The fraction of sp³-hybridized carbons (Fsp3) is 0.545. The van der Waals surface area contributed by atoms with E-state index in [1.54, 1.807) is 0 Å². The van der Waals surface area contributed by atoms with E-state index in [4.69, 9.17) is 9.52 Å². The van der Waals surface area contributed by atoms with Crippen molar-refractivity contribution in [3.63, 3.8) is 0 Å². The molecule has 1 aromatic heterocycles. The number of carbonyl (C=O) groups is 1. The van der Waals surface area contributed by atoms with Crippen LogP contribution in [0.5, 0.6) is 0 Å². The van der Waals surface area contributed by atoms with Gasteiger partial charge in [0, 0.05) is 13.1 Å². The van der Waals surface area contributed by atoms with Crippen LogP contribution in [0.15, 0.2) is 16.7 Å². The van der Waals surface area contributed by atoms with Crippen LogP contribution in [0.2, 0.25) is 0 Å². The summed E-state index contributed by atoms with van der Waals surface area (Å²) in [5, 5.41) is 12.0. The lowest BCUT2D eigenvalue weighted by Crippen LogP contribution is -2.28. The largest absolute Gasteiger partial charge is 0.478 e. The second-order valence-electron chi connectivity index (χ2n) is 3.64. The highest BCUT2D eigenvalue weighted by atomic mass is 16.4. The van der Waals surface area contributed by atoms with Crippen LogP contribution in [0.1, 0.15) is 23.0 Å². The summed E-state index contributed by atoms with van der Waals surface area (Å²) in [5.41, 5.74) is 0.233. The summed E-state index contributed by atoms with van der Waals surface area (Å²) in [5.74, 6) is -0.470. The smallest absolute Gasteiger partial charge is 0.339 e. The van der Waals surface area contributed by atoms with Crippen molar-refractivity contribution in [2.45, 2.75) is 13.5 Å². The van der Waals surface area contributed by atoms with Gasteiger partial charge in [-0.3, -0.25) is 0 Å². The monoisotopic (exact) mass is 226 g/mol. The molecule has 1 aromatic rings. The number of nitrogens with zero attached hydrogens (tertiary/aromatic N) is 1. The molecule has 0 unspecified atom stereocenters. The maximum atomic E-state index is 10.8. The first kappa shape index (κ1) is 12.7. The predicted octanol–water partition coefficient (Wildman–Crippen LogP) is 1.02. The summed E-state index contributed by atoms with van der Waals surface area (Å²) in [6.45, 7) is 5.29. The summed E-state index contributed by atoms with van der Waals surface area (Å²) >= 11 is 0. The van der Waals surface area contributed by atoms with Crippen LogP contribution >= 0.6 is 0 Å². The van der Waals surface area contributed by atoms with Gasteiger partial charge in [-0.25, -0.2) is 4.79 Å². The summed E-state index contributed by atoms with van der Waals surface area (Å²) in [4.78, 5) is 12.9. The van der Waals surface area contributed by atoms with Gasteiger partial charge >= 0.3 is 5.97 Å². The molecule has 0 aliphatic rings. The minimum atomic E-state index is -0.948. The SMILES string of the molecule is CCN(C)CCNCc1occc1C(=O)O. The van der Waals surface area contributed by atoms with Crippen LogP contribution in [0, 0.1) is 0 Å². The molecule has 0 radical (unpaired) electrons. The van der Waals surface area contributed by atoms with Gasteiger partial charge in [0.2, 0.25) is 0 Å². The number of furan rings is 1. The highest BCUT2D eigenvalue weighted by Crippen LogP contribution is 2.09. The fourth-order valence-corrected chi connectivity index (χ4v) is 1.30. The minimum Gasteiger partial charge on any atom is -0.478 e. The van der Waals surface area contributed by atoms with Crippen LogP contribution in [0.4, 0.5) is 0 Å². The standard InChI is InChI=1S/C11H18N2O3/c1-3-13(2)6-5-12-8-10-9(11(14)15)4-7-16-10/h4,7,12H,3,5-6,8H2,1-2H3,(H,14,15). The van der Waals surface area contributed by atoms with E-state index in [9.17, 15) is 4.79 Å². The van der Waals surface area contributed by atoms with Gasteiger partial charge in [-0.15, -0.1) is 0 Å². The molecule has 0 bridgehead atoms. The third-order valence-electron chi connectivity index (χ3n) is 2.47. The summed E-state index contributed by atoms with van der Waals surface area (Å²) < 4.78 is 5.10. The molecule has 16 heavy (non-hydrogen) atoms. The van der Waals surface area contributed by atoms with E-state index in [1.165, 1.54) is 12.3 Å². The topological polar surface area (TPSA) is 65.7 Å². The van der Waals surface area contributed by atoms with Crippen LogP contribution < -0.4 is 5.32 Å². The van der Waals surface area contributed by atoms with Crippen LogP contribution in [0.3, 0.4) is 0 Å². The van der Waals surface area contributed by atoms with Crippen molar-refractivity contribution in [3.05, 3.63) is 23.7 Å². The molecule has 5 nitrogen and oxygen atoms in total. The Kier molecular flexibility index (Phi) is 5.01. The Morgan fingerprint density at radius 1 is 1.62 bits per heavy atom. The molecule has 0 aromatic carbocycles.